The molecule has 5 heteroatoms. The first-order valence-electron chi connectivity index (χ1n) is 4.50. The Balaban J connectivity index is 2.34. The number of nitrogens with two attached hydrogens (primary N) is 1. The number of hydrogen-bond acceptors (Lipinski definition) is 3. The van der Waals surface area contributed by atoms with Crippen LogP contribution in [0.2, 0.25) is 0 Å². The van der Waals surface area contributed by atoms with Crippen molar-refractivity contribution >= 4 is 5.96 Å². The van der Waals surface area contributed by atoms with E-state index < -0.39 is 0 Å². The van der Waals surface area contributed by atoms with Gasteiger partial charge in [0.05, 0.1) is 6.61 Å². The molecular weight excluding hydrogens is 168 g/mol. The third-order valence-corrected chi connectivity index (χ3v) is 2.26. The molecule has 1 rings (SSSR count). The van der Waals surface area contributed by atoms with E-state index in [9.17, 15) is 0 Å². The van der Waals surface area contributed by atoms with Gasteiger partial charge in [-0.15, -0.1) is 0 Å². The Labute approximate surface area is 78.9 Å². The molecule has 0 aromatic rings. The lowest BCUT2D eigenvalue weighted by Crippen LogP contribution is -2.44. The fourth-order valence-corrected chi connectivity index (χ4v) is 1.55. The van der Waals surface area contributed by atoms with Gasteiger partial charge in [-0.2, -0.15) is 0 Å². The minimum atomic E-state index is 0.607. The van der Waals surface area contributed by atoms with Gasteiger partial charge in [0.25, 0.3) is 0 Å². The van der Waals surface area contributed by atoms with Gasteiger partial charge < -0.3 is 9.64 Å². The van der Waals surface area contributed by atoms with Crippen LogP contribution < -0.4 is 11.3 Å². The Kier molecular flexibility index (Phi) is 3.98. The van der Waals surface area contributed by atoms with Crippen molar-refractivity contribution in [1.82, 2.24) is 10.3 Å². The monoisotopic (exact) mass is 186 g/mol. The molecule has 1 aliphatic heterocycles. The Morgan fingerprint density at radius 1 is 1.77 bits per heavy atom. The van der Waals surface area contributed by atoms with E-state index in [0.717, 1.165) is 26.2 Å². The van der Waals surface area contributed by atoms with Gasteiger partial charge in [0, 0.05) is 33.2 Å². The molecule has 0 bridgehead atoms. The summed E-state index contributed by atoms with van der Waals surface area (Å²) in [5, 5.41) is 0. The van der Waals surface area contributed by atoms with Crippen molar-refractivity contribution in [1.29, 1.82) is 0 Å². The van der Waals surface area contributed by atoms with Gasteiger partial charge in [-0.05, 0) is 6.42 Å². The summed E-state index contributed by atoms with van der Waals surface area (Å²) in [7, 11) is 3.69. The molecule has 1 atom stereocenters. The van der Waals surface area contributed by atoms with Crippen LogP contribution in [0, 0.1) is 5.92 Å². The Morgan fingerprint density at radius 2 is 2.54 bits per heavy atom. The lowest BCUT2D eigenvalue weighted by atomic mass is 10.1. The molecule has 1 fully saturated rings. The van der Waals surface area contributed by atoms with Crippen molar-refractivity contribution in [2.75, 3.05) is 33.9 Å². The molecule has 0 radical (unpaired) electrons. The fourth-order valence-electron chi connectivity index (χ4n) is 1.55. The third-order valence-electron chi connectivity index (χ3n) is 2.26. The number of hydrogen-bond donors (Lipinski definition) is 2. The fraction of sp³-hybridized carbons (Fsp3) is 0.875. The quantitative estimate of drug-likeness (QED) is 0.262. The molecule has 5 nitrogen and oxygen atoms in total. The molecule has 0 aliphatic carbocycles. The van der Waals surface area contributed by atoms with Crippen LogP contribution in [-0.2, 0) is 4.74 Å². The molecule has 13 heavy (non-hydrogen) atoms. The number of rotatable bonds is 2. The summed E-state index contributed by atoms with van der Waals surface area (Å²) in [4.78, 5) is 6.03. The zero-order valence-electron chi connectivity index (χ0n) is 8.29. The summed E-state index contributed by atoms with van der Waals surface area (Å²) in [6, 6.07) is 0. The first-order chi connectivity index (χ1) is 6.27. The van der Waals surface area contributed by atoms with Crippen LogP contribution in [0.15, 0.2) is 4.99 Å². The number of hydrazine groups is 1. The number of nitrogens with zero attached hydrogens (tertiary/aromatic N) is 2. The molecule has 0 spiro atoms. The maximum atomic E-state index is 5.30. The first-order valence-corrected chi connectivity index (χ1v) is 4.50. The minimum absolute atomic E-state index is 0.607. The molecule has 1 saturated heterocycles. The van der Waals surface area contributed by atoms with Gasteiger partial charge in [-0.3, -0.25) is 10.4 Å². The summed E-state index contributed by atoms with van der Waals surface area (Å²) >= 11 is 0. The highest BCUT2D eigenvalue weighted by atomic mass is 16.5. The molecule has 1 unspecified atom stereocenters. The van der Waals surface area contributed by atoms with E-state index in [1.54, 1.807) is 7.05 Å². The van der Waals surface area contributed by atoms with Gasteiger partial charge >= 0.3 is 0 Å². The zero-order valence-corrected chi connectivity index (χ0v) is 8.29. The van der Waals surface area contributed by atoms with Crippen molar-refractivity contribution in [2.45, 2.75) is 6.42 Å². The second kappa shape index (κ2) is 5.04. The van der Waals surface area contributed by atoms with Gasteiger partial charge in [0.2, 0.25) is 5.96 Å². The smallest absolute Gasteiger partial charge is 0.207 e. The second-order valence-electron chi connectivity index (χ2n) is 3.30. The molecule has 0 aromatic carbocycles. The van der Waals surface area contributed by atoms with E-state index in [2.05, 4.69) is 10.4 Å². The summed E-state index contributed by atoms with van der Waals surface area (Å²) in [6.45, 7) is 2.68. The lowest BCUT2D eigenvalue weighted by molar-refractivity contribution is 0.181. The lowest BCUT2D eigenvalue weighted by Gasteiger charge is -2.22. The van der Waals surface area contributed by atoms with Crippen LogP contribution in [-0.4, -0.2) is 44.7 Å². The average molecular weight is 186 g/mol. The second-order valence-corrected chi connectivity index (χ2v) is 3.30. The maximum Gasteiger partial charge on any atom is 0.207 e. The molecule has 0 saturated carbocycles. The zero-order chi connectivity index (χ0) is 9.68. The van der Waals surface area contributed by atoms with Crippen LogP contribution in [0.3, 0.4) is 0 Å². The summed E-state index contributed by atoms with van der Waals surface area (Å²) in [6.07, 6.45) is 1.13. The SMILES string of the molecule is CN=C(NN)N(C)CC1CCOC1. The van der Waals surface area contributed by atoms with Crippen LogP contribution in [0.5, 0.6) is 0 Å². The van der Waals surface area contributed by atoms with E-state index in [4.69, 9.17) is 10.6 Å². The molecule has 76 valence electrons. The third kappa shape index (κ3) is 2.86. The average Bonchev–Trinajstić information content (AvgIpc) is 2.59. The highest BCUT2D eigenvalue weighted by Crippen LogP contribution is 2.12. The van der Waals surface area contributed by atoms with Gasteiger partial charge in [0.1, 0.15) is 0 Å². The van der Waals surface area contributed by atoms with Crippen molar-refractivity contribution < 1.29 is 4.74 Å². The molecule has 0 amide bonds. The highest BCUT2D eigenvalue weighted by molar-refractivity contribution is 5.78. The Hall–Kier alpha value is -0.810. The number of nitrogens with one attached hydrogen (secondary N) is 1. The van der Waals surface area contributed by atoms with E-state index in [0.29, 0.717) is 11.9 Å². The normalized spacial score (nSPS) is 23.3. The molecule has 1 heterocycles. The predicted molar refractivity (Wildman–Crippen MR) is 52.2 cm³/mol. The van der Waals surface area contributed by atoms with E-state index in [-0.39, 0.29) is 0 Å². The van der Waals surface area contributed by atoms with Crippen molar-refractivity contribution in [2.24, 2.45) is 16.8 Å². The van der Waals surface area contributed by atoms with Gasteiger partial charge in [-0.25, -0.2) is 5.84 Å². The Bertz CT molecular complexity index is 177. The molecule has 0 aromatic heterocycles. The minimum Gasteiger partial charge on any atom is -0.381 e. The van der Waals surface area contributed by atoms with Crippen LogP contribution >= 0.6 is 0 Å². The predicted octanol–water partition coefficient (Wildman–Crippen LogP) is -0.596. The van der Waals surface area contributed by atoms with Crippen molar-refractivity contribution in [3.8, 4) is 0 Å². The van der Waals surface area contributed by atoms with Gasteiger partial charge in [0.15, 0.2) is 0 Å². The van der Waals surface area contributed by atoms with Crippen LogP contribution in [0.4, 0.5) is 0 Å². The molecular formula is C8H18N4O. The maximum absolute atomic E-state index is 5.30. The van der Waals surface area contributed by atoms with Crippen LogP contribution in [0.1, 0.15) is 6.42 Å². The van der Waals surface area contributed by atoms with Gasteiger partial charge in [-0.1, -0.05) is 0 Å². The largest absolute Gasteiger partial charge is 0.381 e. The first kappa shape index (κ1) is 10.3. The summed E-state index contributed by atoms with van der Waals surface area (Å²) in [5.74, 6) is 6.63. The van der Waals surface area contributed by atoms with E-state index >= 15 is 0 Å². The standard InChI is InChI=1S/C8H18N4O/c1-10-8(11-9)12(2)5-7-3-4-13-6-7/h7H,3-6,9H2,1-2H3,(H,10,11). The number of aliphatic imine (C=N–C) groups is 1. The Morgan fingerprint density at radius 3 is 3.00 bits per heavy atom. The molecule has 1 aliphatic rings. The van der Waals surface area contributed by atoms with Crippen molar-refractivity contribution in [3.63, 3.8) is 0 Å². The van der Waals surface area contributed by atoms with Crippen molar-refractivity contribution in [3.05, 3.63) is 0 Å². The van der Waals surface area contributed by atoms with E-state index in [1.807, 2.05) is 11.9 Å². The summed E-state index contributed by atoms with van der Waals surface area (Å²) < 4.78 is 5.29. The molecule has 3 N–H and O–H groups in total. The van der Waals surface area contributed by atoms with Crippen LogP contribution in [0.25, 0.3) is 0 Å². The number of guanidine groups is 1. The highest BCUT2D eigenvalue weighted by Gasteiger charge is 2.18. The number of ether oxygens (including phenoxy) is 1. The van der Waals surface area contributed by atoms with E-state index in [1.165, 1.54) is 0 Å². The summed E-state index contributed by atoms with van der Waals surface area (Å²) in [5.41, 5.74) is 2.56. The topological polar surface area (TPSA) is 62.9 Å².